The minimum Gasteiger partial charge on any atom is -0.379 e. The first kappa shape index (κ1) is 22.9. The summed E-state index contributed by atoms with van der Waals surface area (Å²) in [5.74, 6) is 0. The maximum atomic E-state index is 5.56. The van der Waals surface area contributed by atoms with Crippen molar-refractivity contribution in [3.05, 3.63) is 82.9 Å². The van der Waals surface area contributed by atoms with Crippen molar-refractivity contribution in [3.8, 4) is 0 Å². The molecule has 0 aromatic heterocycles. The van der Waals surface area contributed by atoms with Crippen LogP contribution < -0.4 is 0 Å². The quantitative estimate of drug-likeness (QED) is 0.604. The normalized spacial score (nSPS) is 19.3. The molecule has 2 aliphatic rings. The Balaban J connectivity index is 1.64. The zero-order chi connectivity index (χ0) is 22.2. The molecule has 0 atom stereocenters. The molecule has 2 aliphatic heterocycles. The van der Waals surface area contributed by atoms with E-state index in [4.69, 9.17) is 9.47 Å². The molecule has 32 heavy (non-hydrogen) atoms. The predicted octanol–water partition coefficient (Wildman–Crippen LogP) is 4.43. The number of benzene rings is 2. The van der Waals surface area contributed by atoms with Gasteiger partial charge in [-0.05, 0) is 36.1 Å². The van der Waals surface area contributed by atoms with E-state index < -0.39 is 0 Å². The van der Waals surface area contributed by atoms with Crippen molar-refractivity contribution in [2.24, 2.45) is 0 Å². The number of hydrogen-bond acceptors (Lipinski definition) is 4. The predicted molar refractivity (Wildman–Crippen MR) is 133 cm³/mol. The first-order valence-electron chi connectivity index (χ1n) is 11.8. The lowest BCUT2D eigenvalue weighted by molar-refractivity contribution is 0.0442. The van der Waals surface area contributed by atoms with E-state index >= 15 is 0 Å². The molecule has 2 fully saturated rings. The Labute approximate surface area is 193 Å². The van der Waals surface area contributed by atoms with Crippen LogP contribution in [0.2, 0.25) is 0 Å². The van der Waals surface area contributed by atoms with Gasteiger partial charge in [0.15, 0.2) is 0 Å². The highest BCUT2D eigenvalue weighted by molar-refractivity contribution is 5.74. The van der Waals surface area contributed by atoms with Gasteiger partial charge in [0.1, 0.15) is 0 Å². The van der Waals surface area contributed by atoms with Gasteiger partial charge in [0.25, 0.3) is 0 Å². The molecule has 4 heteroatoms. The SMILES string of the molecule is Cc1ccc(/C(=C/C=C(/CN2CCOCC2)c2ccc(C)cc2)CN2CCOCC2)cc1. The van der Waals surface area contributed by atoms with Gasteiger partial charge in [0.2, 0.25) is 0 Å². The molecule has 0 spiro atoms. The number of rotatable bonds is 7. The number of ether oxygens (including phenoxy) is 2. The Morgan fingerprint density at radius 1 is 0.625 bits per heavy atom. The zero-order valence-corrected chi connectivity index (χ0v) is 19.6. The van der Waals surface area contributed by atoms with Gasteiger partial charge in [-0.1, -0.05) is 71.8 Å². The zero-order valence-electron chi connectivity index (χ0n) is 19.6. The van der Waals surface area contributed by atoms with E-state index in [1.807, 2.05) is 0 Å². The van der Waals surface area contributed by atoms with Crippen molar-refractivity contribution in [1.29, 1.82) is 0 Å². The number of morpholine rings is 2. The second-order valence-corrected chi connectivity index (χ2v) is 8.89. The molecular formula is C28H36N2O2. The van der Waals surface area contributed by atoms with Crippen LogP contribution in [0.25, 0.3) is 11.1 Å². The van der Waals surface area contributed by atoms with Gasteiger partial charge < -0.3 is 9.47 Å². The fourth-order valence-electron chi connectivity index (χ4n) is 4.22. The third-order valence-corrected chi connectivity index (χ3v) is 6.33. The van der Waals surface area contributed by atoms with Crippen LogP contribution >= 0.6 is 0 Å². The second-order valence-electron chi connectivity index (χ2n) is 8.89. The molecule has 0 saturated carbocycles. The Hall–Kier alpha value is -2.24. The topological polar surface area (TPSA) is 24.9 Å². The molecular weight excluding hydrogens is 396 g/mol. The smallest absolute Gasteiger partial charge is 0.0594 e. The first-order valence-corrected chi connectivity index (χ1v) is 11.8. The number of hydrogen-bond donors (Lipinski definition) is 0. The van der Waals surface area contributed by atoms with E-state index in [2.05, 4.69) is 84.3 Å². The van der Waals surface area contributed by atoms with E-state index in [-0.39, 0.29) is 0 Å². The van der Waals surface area contributed by atoms with Gasteiger partial charge in [-0.3, -0.25) is 9.80 Å². The highest BCUT2D eigenvalue weighted by Crippen LogP contribution is 2.22. The summed E-state index contributed by atoms with van der Waals surface area (Å²) in [6.07, 6.45) is 4.69. The molecule has 2 heterocycles. The largest absolute Gasteiger partial charge is 0.379 e. The van der Waals surface area contributed by atoms with Crippen LogP contribution in [-0.4, -0.2) is 75.5 Å². The van der Waals surface area contributed by atoms with Crippen molar-refractivity contribution in [2.75, 3.05) is 65.7 Å². The van der Waals surface area contributed by atoms with Crippen LogP contribution in [0.1, 0.15) is 22.3 Å². The number of aryl methyl sites for hydroxylation is 2. The maximum absolute atomic E-state index is 5.56. The maximum Gasteiger partial charge on any atom is 0.0594 e. The molecule has 0 aliphatic carbocycles. The third-order valence-electron chi connectivity index (χ3n) is 6.33. The van der Waals surface area contributed by atoms with Gasteiger partial charge in [-0.15, -0.1) is 0 Å². The van der Waals surface area contributed by atoms with Crippen molar-refractivity contribution in [3.63, 3.8) is 0 Å². The molecule has 0 amide bonds. The fraction of sp³-hybridized carbons (Fsp3) is 0.429. The first-order chi connectivity index (χ1) is 15.7. The monoisotopic (exact) mass is 432 g/mol. The molecule has 2 aromatic carbocycles. The van der Waals surface area contributed by atoms with E-state index in [1.54, 1.807) is 0 Å². The minimum atomic E-state index is 0.822. The lowest BCUT2D eigenvalue weighted by Crippen LogP contribution is -2.37. The van der Waals surface area contributed by atoms with Crippen molar-refractivity contribution >= 4 is 11.1 Å². The highest BCUT2D eigenvalue weighted by Gasteiger charge is 2.15. The standard InChI is InChI=1S/C28H36N2O2/c1-23-3-7-25(8-4-23)27(21-29-13-17-31-18-14-29)11-12-28(22-30-15-19-32-20-16-30)26-9-5-24(2)6-10-26/h3-12H,13-22H2,1-2H3/b27-11-,28-12+. The Bertz CT molecular complexity index is 826. The average molecular weight is 433 g/mol. The van der Waals surface area contributed by atoms with Crippen LogP contribution in [0, 0.1) is 13.8 Å². The van der Waals surface area contributed by atoms with Gasteiger partial charge in [0.05, 0.1) is 26.4 Å². The Morgan fingerprint density at radius 2 is 0.969 bits per heavy atom. The van der Waals surface area contributed by atoms with E-state index in [0.29, 0.717) is 0 Å². The summed E-state index contributed by atoms with van der Waals surface area (Å²) in [6, 6.07) is 17.8. The molecule has 0 unspecified atom stereocenters. The summed E-state index contributed by atoms with van der Waals surface area (Å²) in [4.78, 5) is 4.99. The molecule has 170 valence electrons. The molecule has 0 radical (unpaired) electrons. The second kappa shape index (κ2) is 11.6. The molecule has 4 rings (SSSR count). The van der Waals surface area contributed by atoms with Crippen molar-refractivity contribution in [1.82, 2.24) is 9.80 Å². The minimum absolute atomic E-state index is 0.822. The molecule has 2 aromatic rings. The number of allylic oxidation sites excluding steroid dienone is 2. The van der Waals surface area contributed by atoms with Crippen LogP contribution in [0.4, 0.5) is 0 Å². The van der Waals surface area contributed by atoms with Gasteiger partial charge in [0, 0.05) is 39.3 Å². The molecule has 2 saturated heterocycles. The van der Waals surface area contributed by atoms with E-state index in [0.717, 1.165) is 65.7 Å². The van der Waals surface area contributed by atoms with Crippen LogP contribution in [0.3, 0.4) is 0 Å². The summed E-state index contributed by atoms with van der Waals surface area (Å²) >= 11 is 0. The third kappa shape index (κ3) is 6.63. The van der Waals surface area contributed by atoms with Gasteiger partial charge in [-0.2, -0.15) is 0 Å². The molecule has 0 bridgehead atoms. The summed E-state index contributed by atoms with van der Waals surface area (Å²) in [6.45, 7) is 13.4. The summed E-state index contributed by atoms with van der Waals surface area (Å²) in [5.41, 5.74) is 7.91. The summed E-state index contributed by atoms with van der Waals surface area (Å²) in [7, 11) is 0. The number of nitrogens with zero attached hydrogens (tertiary/aromatic N) is 2. The van der Waals surface area contributed by atoms with Crippen LogP contribution in [0.15, 0.2) is 60.7 Å². The average Bonchev–Trinajstić information content (AvgIpc) is 2.83. The lowest BCUT2D eigenvalue weighted by Gasteiger charge is -2.28. The van der Waals surface area contributed by atoms with Gasteiger partial charge in [-0.25, -0.2) is 0 Å². The van der Waals surface area contributed by atoms with Crippen molar-refractivity contribution < 1.29 is 9.47 Å². The summed E-state index contributed by atoms with van der Waals surface area (Å²) in [5, 5.41) is 0. The van der Waals surface area contributed by atoms with Crippen LogP contribution in [0.5, 0.6) is 0 Å². The van der Waals surface area contributed by atoms with Gasteiger partial charge >= 0.3 is 0 Å². The summed E-state index contributed by atoms with van der Waals surface area (Å²) < 4.78 is 11.1. The lowest BCUT2D eigenvalue weighted by atomic mass is 9.99. The Morgan fingerprint density at radius 3 is 1.31 bits per heavy atom. The molecule has 0 N–H and O–H groups in total. The van der Waals surface area contributed by atoms with Crippen molar-refractivity contribution in [2.45, 2.75) is 13.8 Å². The van der Waals surface area contributed by atoms with E-state index in [1.165, 1.54) is 33.4 Å². The van der Waals surface area contributed by atoms with E-state index in [9.17, 15) is 0 Å². The highest BCUT2D eigenvalue weighted by atomic mass is 16.5. The molecule has 4 nitrogen and oxygen atoms in total. The van der Waals surface area contributed by atoms with Crippen LogP contribution in [-0.2, 0) is 9.47 Å². The Kier molecular flexibility index (Phi) is 8.30. The fourth-order valence-corrected chi connectivity index (χ4v) is 4.22.